The molecule has 1 aliphatic rings. The largest absolute Gasteiger partial charge is 0.338 e. The second-order valence-corrected chi connectivity index (χ2v) is 5.38. The zero-order chi connectivity index (χ0) is 9.90. The maximum atomic E-state index is 11.1. The Balaban J connectivity index is 2.62. The van der Waals surface area contributed by atoms with Crippen molar-refractivity contribution in [3.63, 3.8) is 0 Å². The molecule has 0 bridgehead atoms. The van der Waals surface area contributed by atoms with Crippen LogP contribution in [0.3, 0.4) is 0 Å². The first kappa shape index (κ1) is 10.2. The summed E-state index contributed by atoms with van der Waals surface area (Å²) in [7, 11) is -2.90. The number of rotatable bonds is 4. The molecule has 74 valence electrons. The number of hydrogen-bond acceptors (Lipinski definition) is 3. The summed E-state index contributed by atoms with van der Waals surface area (Å²) in [5, 5.41) is 0. The first-order valence-electron chi connectivity index (χ1n) is 4.11. The molecule has 0 unspecified atom stereocenters. The van der Waals surface area contributed by atoms with Gasteiger partial charge in [0.1, 0.15) is 0 Å². The summed E-state index contributed by atoms with van der Waals surface area (Å²) in [4.78, 5) is 12.1. The lowest BCUT2D eigenvalue weighted by Crippen LogP contribution is -2.35. The van der Waals surface area contributed by atoms with Crippen molar-refractivity contribution in [1.29, 1.82) is 0 Å². The van der Waals surface area contributed by atoms with Crippen molar-refractivity contribution < 1.29 is 13.2 Å². The van der Waals surface area contributed by atoms with E-state index < -0.39 is 9.84 Å². The fraction of sp³-hybridized carbons (Fsp3) is 0.625. The number of amides is 1. The van der Waals surface area contributed by atoms with Gasteiger partial charge in [0.05, 0.1) is 11.5 Å². The highest BCUT2D eigenvalue weighted by Crippen LogP contribution is 2.16. The Morgan fingerprint density at radius 3 is 2.62 bits per heavy atom. The van der Waals surface area contributed by atoms with Crippen molar-refractivity contribution in [3.05, 3.63) is 12.7 Å². The third-order valence-corrected chi connectivity index (χ3v) is 3.90. The second-order valence-electron chi connectivity index (χ2n) is 3.15. The predicted molar refractivity (Wildman–Crippen MR) is 50.0 cm³/mol. The summed E-state index contributed by atoms with van der Waals surface area (Å²) >= 11 is 0. The van der Waals surface area contributed by atoms with Gasteiger partial charge >= 0.3 is 0 Å². The van der Waals surface area contributed by atoms with Crippen LogP contribution in [-0.2, 0) is 14.6 Å². The molecule has 0 N–H and O–H groups in total. The fourth-order valence-electron chi connectivity index (χ4n) is 1.46. The zero-order valence-electron chi connectivity index (χ0n) is 7.35. The molecular formula is C8H13NO3S. The van der Waals surface area contributed by atoms with Crippen molar-refractivity contribution in [2.45, 2.75) is 12.5 Å². The van der Waals surface area contributed by atoms with Crippen LogP contribution in [-0.4, -0.2) is 43.8 Å². The molecule has 1 saturated heterocycles. The molecular weight excluding hydrogens is 190 g/mol. The van der Waals surface area contributed by atoms with Gasteiger partial charge in [-0.1, -0.05) is 6.08 Å². The highest BCUT2D eigenvalue weighted by Gasteiger charge is 2.31. The van der Waals surface area contributed by atoms with Gasteiger partial charge in [-0.25, -0.2) is 8.42 Å². The van der Waals surface area contributed by atoms with Gasteiger partial charge in [-0.2, -0.15) is 0 Å². The van der Waals surface area contributed by atoms with Crippen molar-refractivity contribution >= 4 is 16.2 Å². The average Bonchev–Trinajstić information content (AvgIpc) is 2.42. The Labute approximate surface area is 78.1 Å². The van der Waals surface area contributed by atoms with E-state index in [1.165, 1.54) is 4.90 Å². The minimum atomic E-state index is -2.90. The molecule has 4 nitrogen and oxygen atoms in total. The van der Waals surface area contributed by atoms with E-state index in [-0.39, 0.29) is 17.5 Å². The number of hydrogen-bond donors (Lipinski definition) is 0. The molecule has 13 heavy (non-hydrogen) atoms. The van der Waals surface area contributed by atoms with Crippen LogP contribution in [0.2, 0.25) is 0 Å². The van der Waals surface area contributed by atoms with Crippen LogP contribution in [0, 0.1) is 0 Å². The molecule has 0 aromatic heterocycles. The predicted octanol–water partition coefficient (Wildman–Crippen LogP) is -0.182. The van der Waals surface area contributed by atoms with Gasteiger partial charge in [-0.05, 0) is 6.42 Å². The van der Waals surface area contributed by atoms with E-state index >= 15 is 0 Å². The number of carbonyl (C=O) groups is 1. The third-order valence-electron chi connectivity index (χ3n) is 2.15. The molecule has 1 heterocycles. The van der Waals surface area contributed by atoms with Gasteiger partial charge in [-0.15, -0.1) is 6.58 Å². The molecule has 1 atom stereocenters. The fourth-order valence-corrected chi connectivity index (χ4v) is 3.21. The van der Waals surface area contributed by atoms with E-state index in [0.29, 0.717) is 19.4 Å². The van der Waals surface area contributed by atoms with Crippen molar-refractivity contribution in [1.82, 2.24) is 4.90 Å². The molecule has 1 aliphatic heterocycles. The lowest BCUT2D eigenvalue weighted by atomic mass is 10.2. The summed E-state index contributed by atoms with van der Waals surface area (Å²) in [5.41, 5.74) is 0. The zero-order valence-corrected chi connectivity index (χ0v) is 8.16. The van der Waals surface area contributed by atoms with Gasteiger partial charge < -0.3 is 4.90 Å². The summed E-state index contributed by atoms with van der Waals surface area (Å²) < 4.78 is 22.2. The molecule has 1 rings (SSSR count). The van der Waals surface area contributed by atoms with E-state index in [1.54, 1.807) is 6.08 Å². The van der Waals surface area contributed by atoms with E-state index in [1.807, 2.05) is 0 Å². The maximum absolute atomic E-state index is 11.1. The Hall–Kier alpha value is -0.840. The van der Waals surface area contributed by atoms with Gasteiger partial charge in [0.2, 0.25) is 6.41 Å². The van der Waals surface area contributed by atoms with E-state index in [4.69, 9.17) is 0 Å². The molecule has 0 aliphatic carbocycles. The Bertz CT molecular complexity index is 297. The normalized spacial score (nSPS) is 25.4. The SMILES string of the molecule is C=CCN(C=O)[C@@H]1CCS(=O)(=O)C1. The highest BCUT2D eigenvalue weighted by molar-refractivity contribution is 7.91. The van der Waals surface area contributed by atoms with Crippen LogP contribution in [0.5, 0.6) is 0 Å². The van der Waals surface area contributed by atoms with Crippen LogP contribution in [0.15, 0.2) is 12.7 Å². The molecule has 5 heteroatoms. The maximum Gasteiger partial charge on any atom is 0.210 e. The average molecular weight is 203 g/mol. The molecule has 1 fully saturated rings. The number of nitrogens with zero attached hydrogens (tertiary/aromatic N) is 1. The first-order chi connectivity index (χ1) is 6.09. The molecule has 0 saturated carbocycles. The van der Waals surface area contributed by atoms with E-state index in [0.717, 1.165) is 0 Å². The van der Waals surface area contributed by atoms with Crippen LogP contribution >= 0.6 is 0 Å². The van der Waals surface area contributed by atoms with Crippen molar-refractivity contribution in [3.8, 4) is 0 Å². The van der Waals surface area contributed by atoms with E-state index in [9.17, 15) is 13.2 Å². The monoisotopic (exact) mass is 203 g/mol. The molecule has 0 aromatic rings. The van der Waals surface area contributed by atoms with Gasteiger partial charge in [0, 0.05) is 12.6 Å². The number of sulfone groups is 1. The Morgan fingerprint density at radius 1 is 1.54 bits per heavy atom. The molecule has 1 amide bonds. The summed E-state index contributed by atoms with van der Waals surface area (Å²) in [6.07, 6.45) is 2.83. The minimum Gasteiger partial charge on any atom is -0.338 e. The Kier molecular flexibility index (Phi) is 3.08. The topological polar surface area (TPSA) is 54.5 Å². The molecule has 0 aromatic carbocycles. The first-order valence-corrected chi connectivity index (χ1v) is 5.93. The van der Waals surface area contributed by atoms with Crippen LogP contribution in [0.4, 0.5) is 0 Å². The Morgan fingerprint density at radius 2 is 2.23 bits per heavy atom. The van der Waals surface area contributed by atoms with Crippen LogP contribution < -0.4 is 0 Å². The van der Waals surface area contributed by atoms with E-state index in [2.05, 4.69) is 6.58 Å². The highest BCUT2D eigenvalue weighted by atomic mass is 32.2. The third kappa shape index (κ3) is 2.55. The molecule has 0 spiro atoms. The molecule has 0 radical (unpaired) electrons. The smallest absolute Gasteiger partial charge is 0.210 e. The van der Waals surface area contributed by atoms with Crippen molar-refractivity contribution in [2.24, 2.45) is 0 Å². The second kappa shape index (κ2) is 3.91. The van der Waals surface area contributed by atoms with Gasteiger partial charge in [0.25, 0.3) is 0 Å². The van der Waals surface area contributed by atoms with Crippen LogP contribution in [0.1, 0.15) is 6.42 Å². The summed E-state index contributed by atoms with van der Waals surface area (Å²) in [6, 6.07) is -0.152. The van der Waals surface area contributed by atoms with Crippen LogP contribution in [0.25, 0.3) is 0 Å². The number of carbonyl (C=O) groups excluding carboxylic acids is 1. The quantitative estimate of drug-likeness (QED) is 0.470. The minimum absolute atomic E-state index is 0.0968. The summed E-state index contributed by atoms with van der Waals surface area (Å²) in [5.74, 6) is 0.290. The lowest BCUT2D eigenvalue weighted by molar-refractivity contribution is -0.119. The van der Waals surface area contributed by atoms with Gasteiger partial charge in [-0.3, -0.25) is 4.79 Å². The lowest BCUT2D eigenvalue weighted by Gasteiger charge is -2.21. The van der Waals surface area contributed by atoms with Gasteiger partial charge in [0.15, 0.2) is 9.84 Å². The van der Waals surface area contributed by atoms with Crippen molar-refractivity contribution in [2.75, 3.05) is 18.1 Å². The summed E-state index contributed by atoms with van der Waals surface area (Å²) in [6.45, 7) is 3.93. The standard InChI is InChI=1S/C8H13NO3S/c1-2-4-9(7-10)8-3-5-13(11,12)6-8/h2,7-8H,1,3-6H2/t8-/m1/s1.